The molecule has 1 aliphatic heterocycles. The highest BCUT2D eigenvalue weighted by Gasteiger charge is 2.26. The SMILES string of the molecule is CC(=O)Nc1ccc(N=C2NC(=O)/C(=C(\C)c3ccc(Br)cc3)S2)cc1. The van der Waals surface area contributed by atoms with E-state index in [-0.39, 0.29) is 11.8 Å². The Balaban J connectivity index is 1.80. The lowest BCUT2D eigenvalue weighted by Crippen LogP contribution is -2.19. The van der Waals surface area contributed by atoms with E-state index in [1.807, 2.05) is 31.2 Å². The first-order valence-corrected chi connectivity index (χ1v) is 9.45. The minimum atomic E-state index is -0.149. The number of amides is 2. The number of carbonyl (C=O) groups is 2. The molecule has 1 saturated heterocycles. The highest BCUT2D eigenvalue weighted by Crippen LogP contribution is 2.33. The number of allylic oxidation sites excluding steroid dienone is 1. The van der Waals surface area contributed by atoms with E-state index in [9.17, 15) is 9.59 Å². The summed E-state index contributed by atoms with van der Waals surface area (Å²) >= 11 is 4.73. The standard InChI is InChI=1S/C19H16BrN3O2S/c1-11(13-3-5-14(20)6-4-13)17-18(25)23-19(26-17)22-16-9-7-15(8-10-16)21-12(2)24/h3-10H,1-2H3,(H,21,24)(H,22,23,25)/b17-11-. The molecule has 2 aromatic rings. The highest BCUT2D eigenvalue weighted by molar-refractivity contribution is 9.10. The van der Waals surface area contributed by atoms with E-state index in [0.29, 0.717) is 21.4 Å². The maximum absolute atomic E-state index is 12.3. The molecular weight excluding hydrogens is 414 g/mol. The third-order valence-corrected chi connectivity index (χ3v) is 5.27. The molecule has 0 bridgehead atoms. The third kappa shape index (κ3) is 4.42. The van der Waals surface area contributed by atoms with Crippen LogP contribution in [0.15, 0.2) is 62.9 Å². The highest BCUT2D eigenvalue weighted by atomic mass is 79.9. The summed E-state index contributed by atoms with van der Waals surface area (Å²) < 4.78 is 0.993. The number of carbonyl (C=O) groups excluding carboxylic acids is 2. The largest absolute Gasteiger partial charge is 0.326 e. The molecule has 7 heteroatoms. The van der Waals surface area contributed by atoms with E-state index in [4.69, 9.17) is 0 Å². The summed E-state index contributed by atoms with van der Waals surface area (Å²) in [5, 5.41) is 6.04. The molecule has 132 valence electrons. The van der Waals surface area contributed by atoms with Crippen molar-refractivity contribution in [1.82, 2.24) is 5.32 Å². The fourth-order valence-corrected chi connectivity index (χ4v) is 3.56. The number of aliphatic imine (C=N–C) groups is 1. The van der Waals surface area contributed by atoms with E-state index in [1.54, 1.807) is 24.3 Å². The van der Waals surface area contributed by atoms with Gasteiger partial charge in [0.05, 0.1) is 10.6 Å². The second-order valence-corrected chi connectivity index (χ2v) is 7.58. The number of hydrogen-bond donors (Lipinski definition) is 2. The summed E-state index contributed by atoms with van der Waals surface area (Å²) in [6.45, 7) is 3.39. The van der Waals surface area contributed by atoms with Gasteiger partial charge in [-0.2, -0.15) is 0 Å². The van der Waals surface area contributed by atoms with Crippen LogP contribution in [0, 0.1) is 0 Å². The third-order valence-electron chi connectivity index (χ3n) is 3.66. The minimum absolute atomic E-state index is 0.124. The van der Waals surface area contributed by atoms with Gasteiger partial charge in [-0.3, -0.25) is 9.59 Å². The van der Waals surface area contributed by atoms with Gasteiger partial charge in [0, 0.05) is 17.1 Å². The number of rotatable bonds is 3. The zero-order valence-electron chi connectivity index (χ0n) is 14.2. The number of nitrogens with one attached hydrogen (secondary N) is 2. The summed E-state index contributed by atoms with van der Waals surface area (Å²) in [4.78, 5) is 28.5. The smallest absolute Gasteiger partial charge is 0.264 e. The second-order valence-electron chi connectivity index (χ2n) is 5.66. The van der Waals surface area contributed by atoms with E-state index in [2.05, 4.69) is 31.6 Å². The van der Waals surface area contributed by atoms with E-state index >= 15 is 0 Å². The Morgan fingerprint density at radius 2 is 1.73 bits per heavy atom. The van der Waals surface area contributed by atoms with E-state index < -0.39 is 0 Å². The number of anilines is 1. The van der Waals surface area contributed by atoms with Crippen LogP contribution in [0.1, 0.15) is 19.4 Å². The molecule has 1 fully saturated rings. The molecule has 3 rings (SSSR count). The van der Waals surface area contributed by atoms with Gasteiger partial charge in [-0.15, -0.1) is 0 Å². The lowest BCUT2D eigenvalue weighted by Gasteiger charge is -2.04. The lowest BCUT2D eigenvalue weighted by molar-refractivity contribution is -0.115. The van der Waals surface area contributed by atoms with Crippen LogP contribution in [0.5, 0.6) is 0 Å². The van der Waals surface area contributed by atoms with Gasteiger partial charge in [0.1, 0.15) is 0 Å². The fourth-order valence-electron chi connectivity index (χ4n) is 2.39. The number of thioether (sulfide) groups is 1. The van der Waals surface area contributed by atoms with Crippen molar-refractivity contribution < 1.29 is 9.59 Å². The van der Waals surface area contributed by atoms with Crippen LogP contribution in [0.3, 0.4) is 0 Å². The first-order chi connectivity index (χ1) is 12.4. The summed E-state index contributed by atoms with van der Waals surface area (Å²) in [5.74, 6) is -0.273. The van der Waals surface area contributed by atoms with Crippen molar-refractivity contribution in [3.8, 4) is 0 Å². The normalized spacial score (nSPS) is 17.2. The molecule has 0 spiro atoms. The summed E-state index contributed by atoms with van der Waals surface area (Å²) in [6.07, 6.45) is 0. The Morgan fingerprint density at radius 3 is 2.35 bits per heavy atom. The van der Waals surface area contributed by atoms with Crippen molar-refractivity contribution in [3.63, 3.8) is 0 Å². The van der Waals surface area contributed by atoms with Crippen molar-refractivity contribution in [1.29, 1.82) is 0 Å². The molecule has 1 heterocycles. The van der Waals surface area contributed by atoms with Gasteiger partial charge in [-0.1, -0.05) is 28.1 Å². The maximum Gasteiger partial charge on any atom is 0.264 e. The molecule has 1 aliphatic rings. The Morgan fingerprint density at radius 1 is 1.08 bits per heavy atom. The fraction of sp³-hybridized carbons (Fsp3) is 0.105. The van der Waals surface area contributed by atoms with Crippen LogP contribution in [-0.4, -0.2) is 17.0 Å². The van der Waals surface area contributed by atoms with Crippen molar-refractivity contribution in [3.05, 3.63) is 63.5 Å². The van der Waals surface area contributed by atoms with Crippen LogP contribution >= 0.6 is 27.7 Å². The monoisotopic (exact) mass is 429 g/mol. The number of nitrogens with zero attached hydrogens (tertiary/aromatic N) is 1. The quantitative estimate of drug-likeness (QED) is 0.695. The van der Waals surface area contributed by atoms with Gasteiger partial charge in [0.15, 0.2) is 5.17 Å². The van der Waals surface area contributed by atoms with Gasteiger partial charge >= 0.3 is 0 Å². The Hall–Kier alpha value is -2.38. The topological polar surface area (TPSA) is 70.6 Å². The summed E-state index contributed by atoms with van der Waals surface area (Å²) in [7, 11) is 0. The molecule has 5 nitrogen and oxygen atoms in total. The van der Waals surface area contributed by atoms with Crippen LogP contribution in [0.2, 0.25) is 0 Å². The molecule has 2 amide bonds. The molecule has 2 aromatic carbocycles. The molecule has 0 aliphatic carbocycles. The van der Waals surface area contributed by atoms with E-state index in [1.165, 1.54) is 18.7 Å². The van der Waals surface area contributed by atoms with Crippen molar-refractivity contribution in [2.24, 2.45) is 4.99 Å². The first kappa shape index (κ1) is 18.4. The van der Waals surface area contributed by atoms with Gasteiger partial charge in [-0.05, 0) is 66.2 Å². The molecular formula is C19H16BrN3O2S. The van der Waals surface area contributed by atoms with Crippen molar-refractivity contribution >= 4 is 61.6 Å². The van der Waals surface area contributed by atoms with Crippen LogP contribution in [0.25, 0.3) is 5.57 Å². The molecule has 0 saturated carbocycles. The van der Waals surface area contributed by atoms with Crippen molar-refractivity contribution in [2.45, 2.75) is 13.8 Å². The first-order valence-electron chi connectivity index (χ1n) is 7.85. The predicted octanol–water partition coefficient (Wildman–Crippen LogP) is 4.69. The molecule has 0 atom stereocenters. The van der Waals surface area contributed by atoms with Crippen LogP contribution < -0.4 is 10.6 Å². The minimum Gasteiger partial charge on any atom is -0.326 e. The summed E-state index contributed by atoms with van der Waals surface area (Å²) in [6, 6.07) is 14.9. The van der Waals surface area contributed by atoms with Crippen molar-refractivity contribution in [2.75, 3.05) is 5.32 Å². The van der Waals surface area contributed by atoms with Crippen LogP contribution in [-0.2, 0) is 9.59 Å². The molecule has 2 N–H and O–H groups in total. The maximum atomic E-state index is 12.3. The average molecular weight is 430 g/mol. The lowest BCUT2D eigenvalue weighted by atomic mass is 10.1. The number of amidine groups is 1. The predicted molar refractivity (Wildman–Crippen MR) is 110 cm³/mol. The summed E-state index contributed by atoms with van der Waals surface area (Å²) in [5.41, 5.74) is 3.30. The number of benzene rings is 2. The second kappa shape index (κ2) is 7.88. The number of halogens is 1. The van der Waals surface area contributed by atoms with Gasteiger partial charge < -0.3 is 10.6 Å². The molecule has 0 radical (unpaired) electrons. The number of hydrogen-bond acceptors (Lipinski definition) is 4. The van der Waals surface area contributed by atoms with Crippen LogP contribution in [0.4, 0.5) is 11.4 Å². The molecule has 0 aromatic heterocycles. The van der Waals surface area contributed by atoms with Gasteiger partial charge in [-0.25, -0.2) is 4.99 Å². The Bertz CT molecular complexity index is 919. The Kier molecular flexibility index (Phi) is 5.58. The molecule has 26 heavy (non-hydrogen) atoms. The molecule has 0 unspecified atom stereocenters. The van der Waals surface area contributed by atoms with Gasteiger partial charge in [0.25, 0.3) is 5.91 Å². The van der Waals surface area contributed by atoms with Gasteiger partial charge in [0.2, 0.25) is 5.91 Å². The Labute approximate surface area is 164 Å². The zero-order chi connectivity index (χ0) is 18.7. The average Bonchev–Trinajstić information content (AvgIpc) is 2.96. The zero-order valence-corrected chi connectivity index (χ0v) is 16.6. The van der Waals surface area contributed by atoms with E-state index in [0.717, 1.165) is 15.6 Å².